The Morgan fingerprint density at radius 2 is 1.80 bits per heavy atom. The fraction of sp³-hybridized carbons (Fsp3) is 0.650. The van der Waals surface area contributed by atoms with Gasteiger partial charge >= 0.3 is 0 Å². The molecule has 1 saturated heterocycles. The van der Waals surface area contributed by atoms with Crippen LogP contribution in [0.25, 0.3) is 0 Å². The summed E-state index contributed by atoms with van der Waals surface area (Å²) < 4.78 is 0. The average molecular weight is 365 g/mol. The molecule has 3 rings (SSSR count). The van der Waals surface area contributed by atoms with Gasteiger partial charge in [-0.3, -0.25) is 4.79 Å². The van der Waals surface area contributed by atoms with Gasteiger partial charge < -0.3 is 15.1 Å². The van der Waals surface area contributed by atoms with E-state index >= 15 is 0 Å². The molecule has 1 aliphatic heterocycles. The number of halogens is 1. The van der Waals surface area contributed by atoms with Crippen molar-refractivity contribution in [1.29, 1.82) is 0 Å². The lowest BCUT2D eigenvalue weighted by molar-refractivity contribution is -0.914. The van der Waals surface area contributed by atoms with Crippen molar-refractivity contribution in [3.63, 3.8) is 0 Å². The molecule has 2 N–H and O–H groups in total. The molecule has 138 valence electrons. The lowest BCUT2D eigenvalue weighted by Crippen LogP contribution is -3.19. The summed E-state index contributed by atoms with van der Waals surface area (Å²) in [7, 11) is 0. The zero-order valence-electron chi connectivity index (χ0n) is 15.3. The number of para-hydroxylation sites is 1. The van der Waals surface area contributed by atoms with Crippen LogP contribution >= 0.6 is 11.6 Å². The van der Waals surface area contributed by atoms with Crippen LogP contribution in [0.4, 0.5) is 5.69 Å². The van der Waals surface area contributed by atoms with E-state index in [1.54, 1.807) is 0 Å². The normalized spacial score (nSPS) is 21.6. The maximum atomic E-state index is 12.7. The molecule has 0 aromatic heterocycles. The summed E-state index contributed by atoms with van der Waals surface area (Å²) in [5.41, 5.74) is 1.11. The van der Waals surface area contributed by atoms with Crippen LogP contribution in [0.1, 0.15) is 45.4 Å². The molecule has 1 atom stereocenters. The van der Waals surface area contributed by atoms with E-state index in [9.17, 15) is 4.79 Å². The molecular formula is C20H31ClN3O+. The molecule has 0 radical (unpaired) electrons. The number of benzene rings is 1. The largest absolute Gasteiger partial charge is 0.359 e. The van der Waals surface area contributed by atoms with Crippen molar-refractivity contribution >= 4 is 23.2 Å². The smallest absolute Gasteiger partial charge is 0.278 e. The lowest BCUT2D eigenvalue weighted by Gasteiger charge is -2.36. The monoisotopic (exact) mass is 364 g/mol. The highest BCUT2D eigenvalue weighted by atomic mass is 35.5. The highest BCUT2D eigenvalue weighted by Gasteiger charge is 2.30. The number of anilines is 1. The lowest BCUT2D eigenvalue weighted by atomic mass is 10.1. The Kier molecular flexibility index (Phi) is 6.60. The second kappa shape index (κ2) is 8.91. The second-order valence-electron chi connectivity index (χ2n) is 7.52. The maximum absolute atomic E-state index is 12.7. The van der Waals surface area contributed by atoms with E-state index in [0.717, 1.165) is 49.7 Å². The molecule has 1 amide bonds. The molecule has 1 heterocycles. The molecule has 2 aliphatic rings. The van der Waals surface area contributed by atoms with Gasteiger partial charge in [0.05, 0.1) is 36.9 Å². The molecule has 1 aromatic rings. The molecule has 0 unspecified atom stereocenters. The highest BCUT2D eigenvalue weighted by molar-refractivity contribution is 6.33. The number of quaternary nitrogens is 1. The van der Waals surface area contributed by atoms with Crippen molar-refractivity contribution in [2.24, 2.45) is 0 Å². The molecule has 4 nitrogen and oxygen atoms in total. The van der Waals surface area contributed by atoms with Crippen molar-refractivity contribution < 1.29 is 9.69 Å². The summed E-state index contributed by atoms with van der Waals surface area (Å²) in [6.45, 7) is 5.92. The Morgan fingerprint density at radius 3 is 2.44 bits per heavy atom. The SMILES string of the molecule is C[C@H](C(=O)NC1CCCCCC1)[NH+]1CCN(c2ccccc2Cl)CC1. The van der Waals surface area contributed by atoms with E-state index in [1.807, 2.05) is 18.2 Å². The third-order valence-electron chi connectivity index (χ3n) is 5.81. The average Bonchev–Trinajstić information content (AvgIpc) is 2.90. The predicted octanol–water partition coefficient (Wildman–Crippen LogP) is 2.27. The number of piperazine rings is 1. The molecule has 25 heavy (non-hydrogen) atoms. The van der Waals surface area contributed by atoms with Gasteiger partial charge in [-0.15, -0.1) is 0 Å². The maximum Gasteiger partial charge on any atom is 0.278 e. The Hall–Kier alpha value is -1.26. The van der Waals surface area contributed by atoms with Crippen molar-refractivity contribution in [3.05, 3.63) is 29.3 Å². The number of amides is 1. The predicted molar refractivity (Wildman–Crippen MR) is 103 cm³/mol. The van der Waals surface area contributed by atoms with E-state index in [0.29, 0.717) is 6.04 Å². The summed E-state index contributed by atoms with van der Waals surface area (Å²) in [6.07, 6.45) is 7.43. The van der Waals surface area contributed by atoms with Gasteiger partial charge in [-0.1, -0.05) is 49.4 Å². The summed E-state index contributed by atoms with van der Waals surface area (Å²) in [4.78, 5) is 16.4. The van der Waals surface area contributed by atoms with E-state index in [-0.39, 0.29) is 11.9 Å². The number of nitrogens with zero attached hydrogens (tertiary/aromatic N) is 1. The van der Waals surface area contributed by atoms with Crippen molar-refractivity contribution in [2.75, 3.05) is 31.1 Å². The summed E-state index contributed by atoms with van der Waals surface area (Å²) in [6, 6.07) is 8.43. The van der Waals surface area contributed by atoms with Crippen molar-refractivity contribution in [3.8, 4) is 0 Å². The first-order valence-corrected chi connectivity index (χ1v) is 10.2. The highest BCUT2D eigenvalue weighted by Crippen LogP contribution is 2.24. The van der Waals surface area contributed by atoms with Gasteiger partial charge in [0.2, 0.25) is 0 Å². The summed E-state index contributed by atoms with van der Waals surface area (Å²) >= 11 is 6.32. The van der Waals surface area contributed by atoms with Gasteiger partial charge in [0.1, 0.15) is 0 Å². The molecule has 5 heteroatoms. The Balaban J connectivity index is 1.50. The van der Waals surface area contributed by atoms with Crippen LogP contribution in [0.3, 0.4) is 0 Å². The molecular weight excluding hydrogens is 334 g/mol. The molecule has 0 spiro atoms. The minimum absolute atomic E-state index is 0.0247. The van der Waals surface area contributed by atoms with E-state index in [1.165, 1.54) is 30.6 Å². The molecule has 1 aliphatic carbocycles. The first-order valence-electron chi connectivity index (χ1n) is 9.79. The Bertz CT molecular complexity index is 564. The molecule has 2 fully saturated rings. The number of hydrogen-bond donors (Lipinski definition) is 2. The van der Waals surface area contributed by atoms with Crippen LogP contribution in [0, 0.1) is 0 Å². The summed E-state index contributed by atoms with van der Waals surface area (Å²) in [5.74, 6) is 0.230. The van der Waals surface area contributed by atoms with Gasteiger partial charge in [-0.25, -0.2) is 0 Å². The molecule has 1 saturated carbocycles. The minimum Gasteiger partial charge on any atom is -0.359 e. The number of carbonyl (C=O) groups is 1. The number of nitrogens with one attached hydrogen (secondary N) is 2. The van der Waals surface area contributed by atoms with Crippen molar-refractivity contribution in [2.45, 2.75) is 57.5 Å². The fourth-order valence-electron chi connectivity index (χ4n) is 4.11. The first-order chi connectivity index (χ1) is 12.1. The van der Waals surface area contributed by atoms with Crippen LogP contribution in [-0.2, 0) is 4.79 Å². The van der Waals surface area contributed by atoms with Gasteiger partial charge in [-0.2, -0.15) is 0 Å². The van der Waals surface area contributed by atoms with Crippen LogP contribution in [0.2, 0.25) is 5.02 Å². The van der Waals surface area contributed by atoms with Gasteiger partial charge in [0, 0.05) is 6.04 Å². The zero-order valence-corrected chi connectivity index (χ0v) is 16.0. The quantitative estimate of drug-likeness (QED) is 0.804. The van der Waals surface area contributed by atoms with Crippen LogP contribution < -0.4 is 15.1 Å². The van der Waals surface area contributed by atoms with Crippen LogP contribution in [-0.4, -0.2) is 44.2 Å². The number of rotatable bonds is 4. The van der Waals surface area contributed by atoms with Crippen molar-refractivity contribution in [1.82, 2.24) is 5.32 Å². The molecule has 0 bridgehead atoms. The first kappa shape index (κ1) is 18.5. The van der Waals surface area contributed by atoms with E-state index in [4.69, 9.17) is 11.6 Å². The Morgan fingerprint density at radius 1 is 1.16 bits per heavy atom. The van der Waals surface area contributed by atoms with E-state index < -0.39 is 0 Å². The fourth-order valence-corrected chi connectivity index (χ4v) is 4.37. The van der Waals surface area contributed by atoms with Gasteiger partial charge in [-0.05, 0) is 31.9 Å². The van der Waals surface area contributed by atoms with E-state index in [2.05, 4.69) is 23.2 Å². The number of carbonyl (C=O) groups excluding carboxylic acids is 1. The topological polar surface area (TPSA) is 36.8 Å². The Labute approximate surface area is 156 Å². The van der Waals surface area contributed by atoms with Gasteiger partial charge in [0.25, 0.3) is 5.91 Å². The molecule has 1 aromatic carbocycles. The van der Waals surface area contributed by atoms with Gasteiger partial charge in [0.15, 0.2) is 6.04 Å². The third kappa shape index (κ3) is 4.89. The summed E-state index contributed by atoms with van der Waals surface area (Å²) in [5, 5.41) is 4.12. The second-order valence-corrected chi connectivity index (χ2v) is 7.92. The zero-order chi connectivity index (χ0) is 17.6. The van der Waals surface area contributed by atoms with Crippen LogP contribution in [0.5, 0.6) is 0 Å². The van der Waals surface area contributed by atoms with Crippen LogP contribution in [0.15, 0.2) is 24.3 Å². The minimum atomic E-state index is 0.0247. The number of hydrogen-bond acceptors (Lipinski definition) is 2. The third-order valence-corrected chi connectivity index (χ3v) is 6.13. The standard InChI is InChI=1S/C20H30ClN3O/c1-16(20(25)22-17-8-4-2-3-5-9-17)23-12-14-24(15-13-23)19-11-7-6-10-18(19)21/h6-7,10-11,16-17H,2-5,8-9,12-15H2,1H3,(H,22,25)/p+1/t16-/m1/s1.